The van der Waals surface area contributed by atoms with E-state index in [0.717, 1.165) is 48.9 Å². The van der Waals surface area contributed by atoms with Gasteiger partial charge in [-0.05, 0) is 49.1 Å². The van der Waals surface area contributed by atoms with Crippen LogP contribution in [0.5, 0.6) is 0 Å². The summed E-state index contributed by atoms with van der Waals surface area (Å²) in [5.41, 5.74) is 2.87. The maximum atomic E-state index is 13.8. The Balaban J connectivity index is 1.80. The number of hydrogen-bond acceptors (Lipinski definition) is 3. The summed E-state index contributed by atoms with van der Waals surface area (Å²) in [6, 6.07) is 15.5. The van der Waals surface area contributed by atoms with Crippen molar-refractivity contribution in [2.45, 2.75) is 50.5 Å². The van der Waals surface area contributed by atoms with Crippen molar-refractivity contribution < 1.29 is 14.3 Å². The first-order valence-corrected chi connectivity index (χ1v) is 10.8. The van der Waals surface area contributed by atoms with Gasteiger partial charge in [0.15, 0.2) is 0 Å². The summed E-state index contributed by atoms with van der Waals surface area (Å²) in [7, 11) is 1.65. The minimum absolute atomic E-state index is 0.0177. The molecule has 1 spiro atoms. The van der Waals surface area contributed by atoms with Gasteiger partial charge in [-0.3, -0.25) is 9.59 Å². The molecule has 5 heteroatoms. The van der Waals surface area contributed by atoms with E-state index in [1.165, 1.54) is 0 Å². The molecule has 2 aliphatic rings. The van der Waals surface area contributed by atoms with Crippen LogP contribution in [0.2, 0.25) is 0 Å². The molecule has 1 atom stereocenters. The zero-order chi connectivity index (χ0) is 21.1. The fourth-order valence-electron chi connectivity index (χ4n) is 5.29. The molecule has 1 aliphatic carbocycles. The summed E-state index contributed by atoms with van der Waals surface area (Å²) < 4.78 is 5.32. The van der Waals surface area contributed by atoms with E-state index in [1.807, 2.05) is 60.4 Å². The van der Waals surface area contributed by atoms with Crippen molar-refractivity contribution in [3.8, 4) is 0 Å². The van der Waals surface area contributed by atoms with Gasteiger partial charge >= 0.3 is 0 Å². The van der Waals surface area contributed by atoms with Gasteiger partial charge in [0.2, 0.25) is 5.91 Å². The van der Waals surface area contributed by atoms with E-state index >= 15 is 0 Å². The molecule has 158 valence electrons. The molecule has 1 fully saturated rings. The Morgan fingerprint density at radius 1 is 1.13 bits per heavy atom. The van der Waals surface area contributed by atoms with Crippen molar-refractivity contribution in [1.29, 1.82) is 0 Å². The lowest BCUT2D eigenvalue weighted by Gasteiger charge is -2.53. The Labute approximate surface area is 178 Å². The molecular weight excluding hydrogens is 376 g/mol. The predicted octanol–water partition coefficient (Wildman–Crippen LogP) is 4.52. The van der Waals surface area contributed by atoms with E-state index in [4.69, 9.17) is 4.74 Å². The summed E-state index contributed by atoms with van der Waals surface area (Å²) in [6.07, 6.45) is 4.85. The quantitative estimate of drug-likeness (QED) is 0.794. The maximum absolute atomic E-state index is 13.8. The van der Waals surface area contributed by atoms with Gasteiger partial charge in [-0.2, -0.15) is 0 Å². The molecule has 5 nitrogen and oxygen atoms in total. The normalized spacial score (nSPS) is 20.1. The van der Waals surface area contributed by atoms with Crippen LogP contribution in [0, 0.1) is 6.92 Å². The number of fused-ring (bicyclic) bond motifs is 1. The second-order valence-corrected chi connectivity index (χ2v) is 8.49. The van der Waals surface area contributed by atoms with Gasteiger partial charge in [-0.15, -0.1) is 0 Å². The molecule has 0 aromatic heterocycles. The first kappa shape index (κ1) is 20.6. The highest BCUT2D eigenvalue weighted by atomic mass is 16.5. The smallest absolute Gasteiger partial charge is 0.254 e. The van der Waals surface area contributed by atoms with Gasteiger partial charge in [0.25, 0.3) is 5.91 Å². The van der Waals surface area contributed by atoms with Crippen LogP contribution in [0.25, 0.3) is 0 Å². The Kier molecular flexibility index (Phi) is 5.91. The topological polar surface area (TPSA) is 58.6 Å². The summed E-state index contributed by atoms with van der Waals surface area (Å²) in [6.45, 7) is 2.97. The largest absolute Gasteiger partial charge is 0.383 e. The third kappa shape index (κ3) is 3.63. The first-order valence-electron chi connectivity index (χ1n) is 10.8. The second-order valence-electron chi connectivity index (χ2n) is 8.49. The van der Waals surface area contributed by atoms with Crippen molar-refractivity contribution in [2.24, 2.45) is 0 Å². The number of amides is 2. The Hall–Kier alpha value is -2.66. The van der Waals surface area contributed by atoms with E-state index in [9.17, 15) is 9.59 Å². The fourth-order valence-corrected chi connectivity index (χ4v) is 5.29. The number of methoxy groups -OCH3 is 1. The molecule has 0 saturated heterocycles. The highest BCUT2D eigenvalue weighted by Crippen LogP contribution is 2.49. The number of nitrogens with one attached hydrogen (secondary N) is 1. The van der Waals surface area contributed by atoms with Gasteiger partial charge in [-0.1, -0.05) is 49.6 Å². The predicted molar refractivity (Wildman–Crippen MR) is 118 cm³/mol. The molecule has 1 heterocycles. The van der Waals surface area contributed by atoms with Crippen molar-refractivity contribution in [2.75, 3.05) is 25.6 Å². The monoisotopic (exact) mass is 406 g/mol. The molecule has 0 radical (unpaired) electrons. The standard InChI is InChI=1S/C25H30N2O3/c1-18-9-8-10-19(17-18)26-23(28)22-20-11-4-5-12-21(20)24(29)27(15-16-30-2)25(22)13-6-3-7-14-25/h4-5,8-12,17,22H,3,6-7,13-16H2,1-2H3,(H,26,28). The summed E-state index contributed by atoms with van der Waals surface area (Å²) >= 11 is 0. The number of hydrogen-bond donors (Lipinski definition) is 1. The Morgan fingerprint density at radius 3 is 2.63 bits per heavy atom. The molecule has 30 heavy (non-hydrogen) atoms. The lowest BCUT2D eigenvalue weighted by Crippen LogP contribution is -2.62. The third-order valence-corrected chi connectivity index (χ3v) is 6.61. The molecule has 4 rings (SSSR count). The first-order chi connectivity index (χ1) is 14.6. The van der Waals surface area contributed by atoms with Gasteiger partial charge in [0, 0.05) is 24.9 Å². The van der Waals surface area contributed by atoms with Crippen LogP contribution in [0.4, 0.5) is 5.69 Å². The number of nitrogens with zero attached hydrogens (tertiary/aromatic N) is 1. The van der Waals surface area contributed by atoms with E-state index in [0.29, 0.717) is 18.7 Å². The van der Waals surface area contributed by atoms with Crippen LogP contribution < -0.4 is 5.32 Å². The van der Waals surface area contributed by atoms with Gasteiger partial charge in [0.1, 0.15) is 0 Å². The molecule has 2 aromatic rings. The SMILES string of the molecule is COCCN1C(=O)c2ccccc2C(C(=O)Nc2cccc(C)c2)C12CCCCC2. The number of carbonyl (C=O) groups excluding carboxylic acids is 2. The molecule has 2 amide bonds. The van der Waals surface area contributed by atoms with Crippen molar-refractivity contribution in [3.05, 3.63) is 65.2 Å². The zero-order valence-corrected chi connectivity index (χ0v) is 17.8. The number of aryl methyl sites for hydroxylation is 1. The molecule has 1 aliphatic heterocycles. The zero-order valence-electron chi connectivity index (χ0n) is 17.8. The number of anilines is 1. The number of rotatable bonds is 5. The minimum atomic E-state index is -0.504. The lowest BCUT2D eigenvalue weighted by atomic mass is 9.65. The average molecular weight is 407 g/mol. The molecule has 0 bridgehead atoms. The minimum Gasteiger partial charge on any atom is -0.383 e. The number of benzene rings is 2. The lowest BCUT2D eigenvalue weighted by molar-refractivity contribution is -0.122. The Morgan fingerprint density at radius 2 is 1.90 bits per heavy atom. The van der Waals surface area contributed by atoms with Crippen LogP contribution in [0.3, 0.4) is 0 Å². The van der Waals surface area contributed by atoms with E-state index in [2.05, 4.69) is 5.32 Å². The van der Waals surface area contributed by atoms with Crippen LogP contribution in [0.1, 0.15) is 59.5 Å². The van der Waals surface area contributed by atoms with Crippen LogP contribution >= 0.6 is 0 Å². The van der Waals surface area contributed by atoms with Gasteiger partial charge < -0.3 is 15.0 Å². The van der Waals surface area contributed by atoms with E-state index in [-0.39, 0.29) is 11.8 Å². The molecule has 1 N–H and O–H groups in total. The van der Waals surface area contributed by atoms with Gasteiger partial charge in [0.05, 0.1) is 18.1 Å². The highest BCUT2D eigenvalue weighted by Gasteiger charge is 2.54. The third-order valence-electron chi connectivity index (χ3n) is 6.61. The van der Waals surface area contributed by atoms with Crippen LogP contribution in [0.15, 0.2) is 48.5 Å². The summed E-state index contributed by atoms with van der Waals surface area (Å²) in [4.78, 5) is 29.2. The Bertz CT molecular complexity index is 933. The van der Waals surface area contributed by atoms with E-state index < -0.39 is 11.5 Å². The van der Waals surface area contributed by atoms with Crippen molar-refractivity contribution >= 4 is 17.5 Å². The molecular formula is C25H30N2O3. The molecule has 1 unspecified atom stereocenters. The van der Waals surface area contributed by atoms with Crippen LogP contribution in [-0.4, -0.2) is 42.5 Å². The second kappa shape index (κ2) is 8.60. The van der Waals surface area contributed by atoms with Gasteiger partial charge in [-0.25, -0.2) is 0 Å². The van der Waals surface area contributed by atoms with E-state index in [1.54, 1.807) is 7.11 Å². The number of ether oxygens (including phenoxy) is 1. The summed E-state index contributed by atoms with van der Waals surface area (Å²) in [5.74, 6) is -0.418. The average Bonchev–Trinajstić information content (AvgIpc) is 2.74. The molecule has 1 saturated carbocycles. The van der Waals surface area contributed by atoms with Crippen LogP contribution in [-0.2, 0) is 9.53 Å². The fraction of sp³-hybridized carbons (Fsp3) is 0.440. The van der Waals surface area contributed by atoms with Crippen molar-refractivity contribution in [1.82, 2.24) is 4.90 Å². The highest BCUT2D eigenvalue weighted by molar-refractivity contribution is 6.05. The number of carbonyl (C=O) groups is 2. The summed E-state index contributed by atoms with van der Waals surface area (Å²) in [5, 5.41) is 3.15. The maximum Gasteiger partial charge on any atom is 0.254 e. The molecule has 2 aromatic carbocycles. The van der Waals surface area contributed by atoms with Crippen molar-refractivity contribution in [3.63, 3.8) is 0 Å².